The first-order valence-electron chi connectivity index (χ1n) is 5.43. The van der Waals surface area contributed by atoms with Gasteiger partial charge < -0.3 is 14.9 Å². The van der Waals surface area contributed by atoms with Gasteiger partial charge in [-0.25, -0.2) is 0 Å². The van der Waals surface area contributed by atoms with E-state index in [2.05, 4.69) is 10.5 Å². The maximum atomic E-state index is 11.6. The van der Waals surface area contributed by atoms with Gasteiger partial charge in [0.1, 0.15) is 5.76 Å². The SMILES string of the molecule is Cc1noc(C)c1CNC(=O)[C@@H]1C[C@@H]1C(=O)O. The minimum atomic E-state index is -0.900. The second-order valence-electron chi connectivity index (χ2n) is 4.31. The molecule has 92 valence electrons. The zero-order valence-corrected chi connectivity index (χ0v) is 9.69. The van der Waals surface area contributed by atoms with Crippen molar-refractivity contribution in [3.05, 3.63) is 17.0 Å². The van der Waals surface area contributed by atoms with Gasteiger partial charge in [0.25, 0.3) is 0 Å². The Bertz CT molecular complexity index is 447. The van der Waals surface area contributed by atoms with Gasteiger partial charge in [0.2, 0.25) is 5.91 Å². The summed E-state index contributed by atoms with van der Waals surface area (Å²) in [5, 5.41) is 15.2. The van der Waals surface area contributed by atoms with E-state index in [-0.39, 0.29) is 11.8 Å². The fourth-order valence-corrected chi connectivity index (χ4v) is 1.82. The molecule has 1 heterocycles. The van der Waals surface area contributed by atoms with E-state index >= 15 is 0 Å². The van der Waals surface area contributed by atoms with Crippen LogP contribution in [0.2, 0.25) is 0 Å². The molecule has 1 aromatic heterocycles. The van der Waals surface area contributed by atoms with Crippen LogP contribution in [-0.2, 0) is 16.1 Å². The third-order valence-electron chi connectivity index (χ3n) is 3.07. The van der Waals surface area contributed by atoms with Crippen molar-refractivity contribution in [2.75, 3.05) is 0 Å². The Balaban J connectivity index is 1.88. The van der Waals surface area contributed by atoms with Gasteiger partial charge in [0, 0.05) is 12.1 Å². The largest absolute Gasteiger partial charge is 0.481 e. The number of amides is 1. The molecule has 2 N–H and O–H groups in total. The number of aromatic nitrogens is 1. The van der Waals surface area contributed by atoms with Crippen LogP contribution in [0.4, 0.5) is 0 Å². The predicted molar refractivity (Wildman–Crippen MR) is 57.1 cm³/mol. The van der Waals surface area contributed by atoms with Crippen LogP contribution in [0.3, 0.4) is 0 Å². The van der Waals surface area contributed by atoms with Crippen LogP contribution in [0.1, 0.15) is 23.4 Å². The number of nitrogens with zero attached hydrogens (tertiary/aromatic N) is 1. The first-order valence-corrected chi connectivity index (χ1v) is 5.43. The molecule has 1 aromatic rings. The van der Waals surface area contributed by atoms with Gasteiger partial charge in [-0.15, -0.1) is 0 Å². The van der Waals surface area contributed by atoms with Crippen LogP contribution >= 0.6 is 0 Å². The van der Waals surface area contributed by atoms with E-state index in [4.69, 9.17) is 9.63 Å². The van der Waals surface area contributed by atoms with E-state index in [1.807, 2.05) is 0 Å². The first kappa shape index (κ1) is 11.6. The predicted octanol–water partition coefficient (Wildman–Crippen LogP) is 0.628. The van der Waals surface area contributed by atoms with Crippen molar-refractivity contribution in [3.63, 3.8) is 0 Å². The lowest BCUT2D eigenvalue weighted by Gasteiger charge is -2.03. The number of hydrogen-bond donors (Lipinski definition) is 2. The van der Waals surface area contributed by atoms with E-state index < -0.39 is 11.9 Å². The molecular formula is C11H14N2O4. The Kier molecular flexibility index (Phi) is 2.87. The monoisotopic (exact) mass is 238 g/mol. The van der Waals surface area contributed by atoms with Crippen LogP contribution in [0.25, 0.3) is 0 Å². The topological polar surface area (TPSA) is 92.4 Å². The van der Waals surface area contributed by atoms with Gasteiger partial charge in [-0.3, -0.25) is 9.59 Å². The number of carbonyl (C=O) groups is 2. The molecule has 17 heavy (non-hydrogen) atoms. The van der Waals surface area contributed by atoms with Crippen molar-refractivity contribution in [2.24, 2.45) is 11.8 Å². The molecular weight excluding hydrogens is 224 g/mol. The minimum absolute atomic E-state index is 0.211. The zero-order valence-electron chi connectivity index (χ0n) is 9.69. The van der Waals surface area contributed by atoms with Crippen molar-refractivity contribution in [3.8, 4) is 0 Å². The van der Waals surface area contributed by atoms with Gasteiger partial charge in [-0.1, -0.05) is 5.16 Å². The summed E-state index contributed by atoms with van der Waals surface area (Å²) in [6.45, 7) is 3.91. The molecule has 0 aromatic carbocycles. The summed E-state index contributed by atoms with van der Waals surface area (Å²) in [7, 11) is 0. The van der Waals surface area contributed by atoms with Crippen molar-refractivity contribution >= 4 is 11.9 Å². The highest BCUT2D eigenvalue weighted by atomic mass is 16.5. The average molecular weight is 238 g/mol. The quantitative estimate of drug-likeness (QED) is 0.802. The highest BCUT2D eigenvalue weighted by Gasteiger charge is 2.48. The van der Waals surface area contributed by atoms with Crippen molar-refractivity contribution in [2.45, 2.75) is 26.8 Å². The smallest absolute Gasteiger partial charge is 0.307 e. The lowest BCUT2D eigenvalue weighted by Crippen LogP contribution is -2.26. The molecule has 2 atom stereocenters. The normalized spacial score (nSPS) is 22.2. The fraction of sp³-hybridized carbons (Fsp3) is 0.545. The lowest BCUT2D eigenvalue weighted by molar-refractivity contribution is -0.140. The number of aliphatic carboxylic acids is 1. The molecule has 1 aliphatic rings. The van der Waals surface area contributed by atoms with Crippen molar-refractivity contribution < 1.29 is 19.2 Å². The second kappa shape index (κ2) is 4.20. The molecule has 6 heteroatoms. The Morgan fingerprint density at radius 2 is 2.18 bits per heavy atom. The summed E-state index contributed by atoms with van der Waals surface area (Å²) in [6.07, 6.45) is 0.433. The summed E-state index contributed by atoms with van der Waals surface area (Å²) in [4.78, 5) is 22.2. The standard InChI is InChI=1S/C11H14N2O4/c1-5-9(6(2)17-13-5)4-12-10(14)7-3-8(7)11(15)16/h7-8H,3-4H2,1-2H3,(H,12,14)(H,15,16)/t7-,8+/m1/s1. The maximum Gasteiger partial charge on any atom is 0.307 e. The molecule has 0 spiro atoms. The maximum absolute atomic E-state index is 11.6. The van der Waals surface area contributed by atoms with E-state index in [9.17, 15) is 9.59 Å². The van der Waals surface area contributed by atoms with Gasteiger partial charge >= 0.3 is 5.97 Å². The second-order valence-corrected chi connectivity index (χ2v) is 4.31. The summed E-state index contributed by atoms with van der Waals surface area (Å²) in [5.41, 5.74) is 1.60. The average Bonchev–Trinajstić information content (AvgIpc) is 3.00. The minimum Gasteiger partial charge on any atom is -0.481 e. The Hall–Kier alpha value is -1.85. The highest BCUT2D eigenvalue weighted by Crippen LogP contribution is 2.38. The number of carboxylic acids is 1. The molecule has 1 fully saturated rings. The molecule has 1 amide bonds. The van der Waals surface area contributed by atoms with E-state index in [0.717, 1.165) is 11.3 Å². The van der Waals surface area contributed by atoms with Gasteiger partial charge in [0.15, 0.2) is 0 Å². The van der Waals surface area contributed by atoms with Gasteiger partial charge in [-0.2, -0.15) is 0 Å². The van der Waals surface area contributed by atoms with Gasteiger partial charge in [0.05, 0.1) is 17.5 Å². The van der Waals surface area contributed by atoms with Crippen LogP contribution < -0.4 is 5.32 Å². The Labute approximate surface area is 98.0 Å². The number of carboxylic acid groups (broad SMARTS) is 1. The third kappa shape index (κ3) is 2.30. The highest BCUT2D eigenvalue weighted by molar-refractivity contribution is 5.89. The molecule has 2 rings (SSSR count). The molecule has 0 aliphatic heterocycles. The molecule has 6 nitrogen and oxygen atoms in total. The van der Waals surface area contributed by atoms with Crippen LogP contribution in [0, 0.1) is 25.7 Å². The molecule has 1 saturated carbocycles. The number of carbonyl (C=O) groups excluding carboxylic acids is 1. The molecule has 0 saturated heterocycles. The van der Waals surface area contributed by atoms with Crippen LogP contribution in [0.5, 0.6) is 0 Å². The molecule has 1 aliphatic carbocycles. The summed E-state index contributed by atoms with van der Waals surface area (Å²) >= 11 is 0. The third-order valence-corrected chi connectivity index (χ3v) is 3.07. The fourth-order valence-electron chi connectivity index (χ4n) is 1.82. The van der Waals surface area contributed by atoms with Crippen LogP contribution in [0.15, 0.2) is 4.52 Å². The Morgan fingerprint density at radius 3 is 2.65 bits per heavy atom. The van der Waals surface area contributed by atoms with Crippen molar-refractivity contribution in [1.29, 1.82) is 0 Å². The lowest BCUT2D eigenvalue weighted by atomic mass is 10.2. The summed E-state index contributed by atoms with van der Waals surface area (Å²) < 4.78 is 4.97. The summed E-state index contributed by atoms with van der Waals surface area (Å²) in [6, 6.07) is 0. The summed E-state index contributed by atoms with van der Waals surface area (Å²) in [5.74, 6) is -1.33. The number of rotatable bonds is 4. The van der Waals surface area contributed by atoms with E-state index in [1.165, 1.54) is 0 Å². The van der Waals surface area contributed by atoms with Gasteiger partial charge in [-0.05, 0) is 20.3 Å². The molecule has 0 unspecified atom stereocenters. The molecule has 0 bridgehead atoms. The number of aryl methyl sites for hydroxylation is 2. The Morgan fingerprint density at radius 1 is 1.47 bits per heavy atom. The first-order chi connectivity index (χ1) is 8.00. The zero-order chi connectivity index (χ0) is 12.6. The number of nitrogens with one attached hydrogen (secondary N) is 1. The van der Waals surface area contributed by atoms with Crippen LogP contribution in [-0.4, -0.2) is 22.1 Å². The number of hydrogen-bond acceptors (Lipinski definition) is 4. The molecule has 0 radical (unpaired) electrons. The van der Waals surface area contributed by atoms with Crippen molar-refractivity contribution in [1.82, 2.24) is 10.5 Å². The van der Waals surface area contributed by atoms with E-state index in [0.29, 0.717) is 18.7 Å². The van der Waals surface area contributed by atoms with E-state index in [1.54, 1.807) is 13.8 Å².